The summed E-state index contributed by atoms with van der Waals surface area (Å²) in [6, 6.07) is 6.05. The standard InChI is InChI=1S/C15H19F2NO2/c1-10-5-2-3-8-13(10)18-14(19)11-6-4-7-12(9-11)20-15(16)17/h4,6-7,9-10,13,15H,2-3,5,8H2,1H3,(H,18,19). The molecule has 0 aliphatic heterocycles. The highest BCUT2D eigenvalue weighted by Gasteiger charge is 2.23. The molecule has 1 aliphatic rings. The summed E-state index contributed by atoms with van der Waals surface area (Å²) in [4.78, 5) is 12.1. The zero-order valence-corrected chi connectivity index (χ0v) is 11.4. The lowest BCUT2D eigenvalue weighted by atomic mass is 9.86. The van der Waals surface area contributed by atoms with Gasteiger partial charge in [0.2, 0.25) is 0 Å². The van der Waals surface area contributed by atoms with Gasteiger partial charge in [-0.3, -0.25) is 4.79 Å². The number of carbonyl (C=O) groups is 1. The molecular formula is C15H19F2NO2. The minimum absolute atomic E-state index is 0.00402. The smallest absolute Gasteiger partial charge is 0.387 e. The highest BCUT2D eigenvalue weighted by Crippen LogP contribution is 2.24. The molecule has 5 heteroatoms. The summed E-state index contributed by atoms with van der Waals surface area (Å²) < 4.78 is 28.6. The van der Waals surface area contributed by atoms with Gasteiger partial charge in [-0.25, -0.2) is 0 Å². The molecule has 1 aromatic rings. The van der Waals surface area contributed by atoms with Crippen molar-refractivity contribution in [1.29, 1.82) is 0 Å². The predicted octanol–water partition coefficient (Wildman–Crippen LogP) is 3.60. The maximum atomic E-state index is 12.2. The van der Waals surface area contributed by atoms with Gasteiger partial charge >= 0.3 is 6.61 Å². The molecule has 1 amide bonds. The monoisotopic (exact) mass is 283 g/mol. The second kappa shape index (κ2) is 6.68. The Kier molecular flexibility index (Phi) is 4.93. The molecule has 0 spiro atoms. The van der Waals surface area contributed by atoms with Crippen LogP contribution in [0.4, 0.5) is 8.78 Å². The molecule has 0 bridgehead atoms. The van der Waals surface area contributed by atoms with Crippen LogP contribution in [0.15, 0.2) is 24.3 Å². The van der Waals surface area contributed by atoms with Crippen LogP contribution in [0.2, 0.25) is 0 Å². The van der Waals surface area contributed by atoms with E-state index < -0.39 is 6.61 Å². The Labute approximate surface area is 117 Å². The third-order valence-corrected chi connectivity index (χ3v) is 3.75. The van der Waals surface area contributed by atoms with Crippen molar-refractivity contribution < 1.29 is 18.3 Å². The van der Waals surface area contributed by atoms with Gasteiger partial charge in [0.25, 0.3) is 5.91 Å². The van der Waals surface area contributed by atoms with Crippen molar-refractivity contribution in [3.05, 3.63) is 29.8 Å². The summed E-state index contributed by atoms with van der Waals surface area (Å²) in [6.45, 7) is -0.757. The van der Waals surface area contributed by atoms with E-state index in [1.807, 2.05) is 0 Å². The first-order valence-corrected chi connectivity index (χ1v) is 6.92. The van der Waals surface area contributed by atoms with Gasteiger partial charge in [0.1, 0.15) is 5.75 Å². The number of hydrogen-bond donors (Lipinski definition) is 1. The SMILES string of the molecule is CC1CCCCC1NC(=O)c1cccc(OC(F)F)c1. The van der Waals surface area contributed by atoms with Crippen LogP contribution in [-0.2, 0) is 0 Å². The number of hydrogen-bond acceptors (Lipinski definition) is 2. The van der Waals surface area contributed by atoms with E-state index in [1.165, 1.54) is 24.6 Å². The Morgan fingerprint density at radius 2 is 2.10 bits per heavy atom. The molecule has 1 fully saturated rings. The lowest BCUT2D eigenvalue weighted by Gasteiger charge is -2.29. The van der Waals surface area contributed by atoms with E-state index in [9.17, 15) is 13.6 Å². The second-order valence-corrected chi connectivity index (χ2v) is 5.25. The fourth-order valence-corrected chi connectivity index (χ4v) is 2.60. The maximum absolute atomic E-state index is 12.2. The van der Waals surface area contributed by atoms with E-state index in [2.05, 4.69) is 17.0 Å². The van der Waals surface area contributed by atoms with Crippen LogP contribution in [0.1, 0.15) is 43.0 Å². The molecule has 1 N–H and O–H groups in total. The number of nitrogens with one attached hydrogen (secondary N) is 1. The van der Waals surface area contributed by atoms with Gasteiger partial charge in [0, 0.05) is 11.6 Å². The molecule has 0 heterocycles. The number of halogens is 2. The van der Waals surface area contributed by atoms with Crippen molar-refractivity contribution in [3.8, 4) is 5.75 Å². The second-order valence-electron chi connectivity index (χ2n) is 5.25. The average Bonchev–Trinajstić information content (AvgIpc) is 2.41. The topological polar surface area (TPSA) is 38.3 Å². The Morgan fingerprint density at radius 1 is 1.35 bits per heavy atom. The average molecular weight is 283 g/mol. The van der Waals surface area contributed by atoms with Crippen molar-refractivity contribution in [2.24, 2.45) is 5.92 Å². The molecular weight excluding hydrogens is 264 g/mol. The van der Waals surface area contributed by atoms with Crippen LogP contribution in [0, 0.1) is 5.92 Å². The van der Waals surface area contributed by atoms with Gasteiger partial charge in [-0.1, -0.05) is 25.8 Å². The van der Waals surface area contributed by atoms with Crippen molar-refractivity contribution in [3.63, 3.8) is 0 Å². The Balaban J connectivity index is 2.01. The third kappa shape index (κ3) is 3.92. The Morgan fingerprint density at radius 3 is 2.80 bits per heavy atom. The fourth-order valence-electron chi connectivity index (χ4n) is 2.60. The van der Waals surface area contributed by atoms with Crippen molar-refractivity contribution in [2.45, 2.75) is 45.3 Å². The van der Waals surface area contributed by atoms with Crippen molar-refractivity contribution in [2.75, 3.05) is 0 Å². The minimum Gasteiger partial charge on any atom is -0.435 e. The van der Waals surface area contributed by atoms with E-state index in [4.69, 9.17) is 0 Å². The molecule has 1 saturated carbocycles. The number of amides is 1. The minimum atomic E-state index is -2.88. The Hall–Kier alpha value is -1.65. The van der Waals surface area contributed by atoms with Crippen LogP contribution in [0.3, 0.4) is 0 Å². The van der Waals surface area contributed by atoms with E-state index in [0.717, 1.165) is 19.3 Å². The van der Waals surface area contributed by atoms with Crippen LogP contribution in [0.5, 0.6) is 5.75 Å². The van der Waals surface area contributed by atoms with E-state index in [1.54, 1.807) is 6.07 Å². The third-order valence-electron chi connectivity index (χ3n) is 3.75. The predicted molar refractivity (Wildman–Crippen MR) is 72.0 cm³/mol. The zero-order chi connectivity index (χ0) is 14.5. The lowest BCUT2D eigenvalue weighted by Crippen LogP contribution is -2.41. The molecule has 0 saturated heterocycles. The van der Waals surface area contributed by atoms with Gasteiger partial charge in [0.05, 0.1) is 0 Å². The summed E-state index contributed by atoms with van der Waals surface area (Å²) in [5, 5.41) is 2.98. The van der Waals surface area contributed by atoms with Crippen LogP contribution < -0.4 is 10.1 Å². The van der Waals surface area contributed by atoms with Crippen molar-refractivity contribution >= 4 is 5.91 Å². The molecule has 1 aromatic carbocycles. The summed E-state index contributed by atoms with van der Waals surface area (Å²) in [5.74, 6) is 0.223. The van der Waals surface area contributed by atoms with Crippen LogP contribution in [0.25, 0.3) is 0 Å². The highest BCUT2D eigenvalue weighted by molar-refractivity contribution is 5.94. The molecule has 2 rings (SSSR count). The molecule has 2 atom stereocenters. The largest absolute Gasteiger partial charge is 0.435 e. The van der Waals surface area contributed by atoms with Gasteiger partial charge in [-0.15, -0.1) is 0 Å². The molecule has 110 valence electrons. The number of ether oxygens (including phenoxy) is 1. The fraction of sp³-hybridized carbons (Fsp3) is 0.533. The summed E-state index contributed by atoms with van der Waals surface area (Å²) in [5.41, 5.74) is 0.348. The summed E-state index contributed by atoms with van der Waals surface area (Å²) in [7, 11) is 0. The first-order chi connectivity index (χ1) is 9.56. The first-order valence-electron chi connectivity index (χ1n) is 6.92. The quantitative estimate of drug-likeness (QED) is 0.917. The number of carbonyl (C=O) groups excluding carboxylic acids is 1. The highest BCUT2D eigenvalue weighted by atomic mass is 19.3. The van der Waals surface area contributed by atoms with E-state index in [0.29, 0.717) is 11.5 Å². The van der Waals surface area contributed by atoms with Gasteiger partial charge < -0.3 is 10.1 Å². The Bertz CT molecular complexity index is 465. The lowest BCUT2D eigenvalue weighted by molar-refractivity contribution is -0.0498. The number of rotatable bonds is 4. The van der Waals surface area contributed by atoms with Crippen molar-refractivity contribution in [1.82, 2.24) is 5.32 Å². The summed E-state index contributed by atoms with van der Waals surface area (Å²) in [6.07, 6.45) is 4.40. The molecule has 20 heavy (non-hydrogen) atoms. The molecule has 2 unspecified atom stereocenters. The van der Waals surface area contributed by atoms with Gasteiger partial charge in [-0.05, 0) is 37.0 Å². The van der Waals surface area contributed by atoms with E-state index >= 15 is 0 Å². The van der Waals surface area contributed by atoms with Gasteiger partial charge in [0.15, 0.2) is 0 Å². The number of benzene rings is 1. The maximum Gasteiger partial charge on any atom is 0.387 e. The molecule has 0 radical (unpaired) electrons. The van der Waals surface area contributed by atoms with Crippen LogP contribution >= 0.6 is 0 Å². The van der Waals surface area contributed by atoms with Gasteiger partial charge in [-0.2, -0.15) is 8.78 Å². The van der Waals surface area contributed by atoms with Crippen LogP contribution in [-0.4, -0.2) is 18.6 Å². The number of alkyl halides is 2. The first kappa shape index (κ1) is 14.8. The summed E-state index contributed by atoms with van der Waals surface area (Å²) >= 11 is 0. The van der Waals surface area contributed by atoms with E-state index in [-0.39, 0.29) is 17.7 Å². The molecule has 3 nitrogen and oxygen atoms in total. The normalized spacial score (nSPS) is 22.6. The zero-order valence-electron chi connectivity index (χ0n) is 11.4. The molecule has 1 aliphatic carbocycles. The molecule has 0 aromatic heterocycles.